The molecule has 2 aliphatic heterocycles. The van der Waals surface area contributed by atoms with Gasteiger partial charge >= 0.3 is 0 Å². The van der Waals surface area contributed by atoms with E-state index in [1.165, 1.54) is 22.6 Å². The van der Waals surface area contributed by atoms with Gasteiger partial charge in [-0.2, -0.15) is 4.98 Å². The fraction of sp³-hybridized carbons (Fsp3) is 0.409. The Morgan fingerprint density at radius 2 is 2.23 bits per heavy atom. The summed E-state index contributed by atoms with van der Waals surface area (Å²) in [6.07, 6.45) is 2.87. The number of aromatic nitrogens is 2. The molecular formula is C22H23FN4O2S. The minimum absolute atomic E-state index is 0.0891. The summed E-state index contributed by atoms with van der Waals surface area (Å²) < 4.78 is 19.0. The molecule has 30 heavy (non-hydrogen) atoms. The molecular weight excluding hydrogens is 403 g/mol. The number of likely N-dealkylation sites (tertiary alicyclic amines) is 1. The van der Waals surface area contributed by atoms with Crippen molar-refractivity contribution in [2.75, 3.05) is 26.2 Å². The van der Waals surface area contributed by atoms with Crippen LogP contribution in [0.15, 0.2) is 40.2 Å². The van der Waals surface area contributed by atoms with Gasteiger partial charge in [0.15, 0.2) is 0 Å². The van der Waals surface area contributed by atoms with Crippen molar-refractivity contribution in [1.82, 2.24) is 19.9 Å². The molecule has 0 bridgehead atoms. The second-order valence-electron chi connectivity index (χ2n) is 7.98. The molecule has 0 radical (unpaired) electrons. The first-order chi connectivity index (χ1) is 14.7. The van der Waals surface area contributed by atoms with Gasteiger partial charge in [-0.05, 0) is 54.9 Å². The Morgan fingerprint density at radius 3 is 3.13 bits per heavy atom. The van der Waals surface area contributed by atoms with Crippen LogP contribution in [0.4, 0.5) is 4.39 Å². The molecule has 3 aromatic rings. The lowest BCUT2D eigenvalue weighted by molar-refractivity contribution is -0.133. The average Bonchev–Trinajstić information content (AvgIpc) is 3.43. The number of hydrogen-bond donors (Lipinski definition) is 0. The van der Waals surface area contributed by atoms with E-state index < -0.39 is 0 Å². The van der Waals surface area contributed by atoms with Crippen LogP contribution in [0.5, 0.6) is 0 Å². The molecule has 6 nitrogen and oxygen atoms in total. The smallest absolute Gasteiger partial charge is 0.237 e. The van der Waals surface area contributed by atoms with E-state index in [9.17, 15) is 9.18 Å². The van der Waals surface area contributed by atoms with Gasteiger partial charge < -0.3 is 9.42 Å². The van der Waals surface area contributed by atoms with Crippen molar-refractivity contribution in [3.05, 3.63) is 57.9 Å². The second-order valence-corrected chi connectivity index (χ2v) is 8.98. The minimum Gasteiger partial charge on any atom is -0.339 e. The predicted molar refractivity (Wildman–Crippen MR) is 112 cm³/mol. The van der Waals surface area contributed by atoms with Crippen molar-refractivity contribution in [3.63, 3.8) is 0 Å². The highest BCUT2D eigenvalue weighted by Gasteiger charge is 2.29. The molecule has 1 saturated heterocycles. The van der Waals surface area contributed by atoms with Gasteiger partial charge in [0.25, 0.3) is 0 Å². The summed E-state index contributed by atoms with van der Waals surface area (Å²) in [4.78, 5) is 22.9. The van der Waals surface area contributed by atoms with E-state index in [1.54, 1.807) is 23.5 Å². The molecule has 4 heterocycles. The summed E-state index contributed by atoms with van der Waals surface area (Å²) in [5.74, 6) is 0.906. The van der Waals surface area contributed by atoms with E-state index in [1.807, 2.05) is 4.90 Å². The van der Waals surface area contributed by atoms with E-state index in [-0.39, 0.29) is 17.6 Å². The van der Waals surface area contributed by atoms with Crippen LogP contribution in [-0.4, -0.2) is 52.0 Å². The third-order valence-corrected chi connectivity index (χ3v) is 6.92. The first-order valence-corrected chi connectivity index (χ1v) is 11.2. The number of hydrogen-bond acceptors (Lipinski definition) is 6. The highest BCUT2D eigenvalue weighted by molar-refractivity contribution is 7.10. The molecule has 2 aromatic heterocycles. The van der Waals surface area contributed by atoms with Gasteiger partial charge in [-0.1, -0.05) is 17.3 Å². The van der Waals surface area contributed by atoms with Gasteiger partial charge in [-0.25, -0.2) is 4.39 Å². The summed E-state index contributed by atoms with van der Waals surface area (Å²) in [7, 11) is 0. The first-order valence-electron chi connectivity index (χ1n) is 10.3. The third-order valence-electron chi connectivity index (χ3n) is 5.90. The van der Waals surface area contributed by atoms with Gasteiger partial charge in [-0.3, -0.25) is 9.69 Å². The zero-order valence-electron chi connectivity index (χ0n) is 16.6. The van der Waals surface area contributed by atoms with Crippen molar-refractivity contribution in [1.29, 1.82) is 0 Å². The number of rotatable bonds is 4. The number of halogens is 1. The van der Waals surface area contributed by atoms with Gasteiger partial charge in [0.2, 0.25) is 17.6 Å². The quantitative estimate of drug-likeness (QED) is 0.637. The van der Waals surface area contributed by atoms with Crippen LogP contribution in [0.3, 0.4) is 0 Å². The van der Waals surface area contributed by atoms with Crippen LogP contribution in [0.2, 0.25) is 0 Å². The van der Waals surface area contributed by atoms with E-state index in [4.69, 9.17) is 4.52 Å². The van der Waals surface area contributed by atoms with Gasteiger partial charge in [0.05, 0.1) is 12.5 Å². The molecule has 0 spiro atoms. The summed E-state index contributed by atoms with van der Waals surface area (Å²) in [5.41, 5.74) is 1.89. The van der Waals surface area contributed by atoms with Crippen molar-refractivity contribution in [2.24, 2.45) is 0 Å². The Balaban J connectivity index is 1.22. The summed E-state index contributed by atoms with van der Waals surface area (Å²) in [5, 5.41) is 6.14. The average molecular weight is 427 g/mol. The maximum absolute atomic E-state index is 13.5. The van der Waals surface area contributed by atoms with Crippen molar-refractivity contribution >= 4 is 17.2 Å². The third kappa shape index (κ3) is 4.02. The lowest BCUT2D eigenvalue weighted by Crippen LogP contribution is -2.45. The summed E-state index contributed by atoms with van der Waals surface area (Å²) in [6.45, 7) is 3.54. The fourth-order valence-electron chi connectivity index (χ4n) is 4.30. The van der Waals surface area contributed by atoms with Crippen molar-refractivity contribution in [3.8, 4) is 11.4 Å². The Labute approximate surface area is 178 Å². The lowest BCUT2D eigenvalue weighted by atomic mass is 9.98. The van der Waals surface area contributed by atoms with Crippen LogP contribution in [0.1, 0.15) is 35.1 Å². The Morgan fingerprint density at radius 1 is 1.30 bits per heavy atom. The maximum Gasteiger partial charge on any atom is 0.237 e. The molecule has 1 atom stereocenters. The second kappa shape index (κ2) is 8.28. The number of fused-ring (bicyclic) bond motifs is 1. The van der Waals surface area contributed by atoms with Crippen LogP contribution >= 0.6 is 11.3 Å². The molecule has 1 unspecified atom stereocenters. The molecule has 0 saturated carbocycles. The highest BCUT2D eigenvalue weighted by Crippen LogP contribution is 2.28. The van der Waals surface area contributed by atoms with Gasteiger partial charge in [-0.15, -0.1) is 11.3 Å². The van der Waals surface area contributed by atoms with Crippen LogP contribution in [0.25, 0.3) is 11.4 Å². The predicted octanol–water partition coefficient (Wildman–Crippen LogP) is 3.70. The zero-order valence-corrected chi connectivity index (χ0v) is 17.4. The molecule has 1 amide bonds. The van der Waals surface area contributed by atoms with E-state index in [0.29, 0.717) is 30.4 Å². The molecule has 2 aliphatic rings. The van der Waals surface area contributed by atoms with E-state index >= 15 is 0 Å². The standard InChI is InChI=1S/C22H23FN4O2S/c23-18-5-1-3-15(11-18)21-24-22(29-25-21)17-4-2-8-26(12-17)14-20(28)27-9-6-19-16(13-27)7-10-30-19/h1,3,5,7,10-11,17H,2,4,6,8-9,12-14H2. The Bertz CT molecular complexity index is 1050. The number of carbonyl (C=O) groups is 1. The lowest BCUT2D eigenvalue weighted by Gasteiger charge is -2.33. The van der Waals surface area contributed by atoms with Crippen LogP contribution < -0.4 is 0 Å². The van der Waals surface area contributed by atoms with Gasteiger partial charge in [0.1, 0.15) is 5.82 Å². The number of carbonyl (C=O) groups excluding carboxylic acids is 1. The van der Waals surface area contributed by atoms with Crippen LogP contribution in [-0.2, 0) is 17.8 Å². The molecule has 0 N–H and O–H groups in total. The first kappa shape index (κ1) is 19.4. The van der Waals surface area contributed by atoms with Gasteiger partial charge in [0, 0.05) is 30.1 Å². The largest absolute Gasteiger partial charge is 0.339 e. The minimum atomic E-state index is -0.325. The highest BCUT2D eigenvalue weighted by atomic mass is 32.1. The topological polar surface area (TPSA) is 62.5 Å². The molecule has 1 fully saturated rings. The number of thiophene rings is 1. The molecule has 8 heteroatoms. The summed E-state index contributed by atoms with van der Waals surface area (Å²) in [6, 6.07) is 8.32. The number of amides is 1. The molecule has 0 aliphatic carbocycles. The van der Waals surface area contributed by atoms with Crippen LogP contribution in [0, 0.1) is 5.82 Å². The number of nitrogens with zero attached hydrogens (tertiary/aromatic N) is 4. The number of piperidine rings is 1. The Kier molecular flexibility index (Phi) is 5.35. The molecule has 156 valence electrons. The maximum atomic E-state index is 13.5. The van der Waals surface area contributed by atoms with Crippen molar-refractivity contribution in [2.45, 2.75) is 31.7 Å². The molecule has 5 rings (SSSR count). The molecule has 1 aromatic carbocycles. The monoisotopic (exact) mass is 426 g/mol. The van der Waals surface area contributed by atoms with E-state index in [2.05, 4.69) is 26.5 Å². The van der Waals surface area contributed by atoms with E-state index in [0.717, 1.165) is 38.9 Å². The van der Waals surface area contributed by atoms with Crippen molar-refractivity contribution < 1.29 is 13.7 Å². The SMILES string of the molecule is O=C(CN1CCCC(c2nc(-c3cccc(F)c3)no2)C1)N1CCc2sccc2C1. The summed E-state index contributed by atoms with van der Waals surface area (Å²) >= 11 is 1.78. The normalized spacial score (nSPS) is 19.6. The number of benzene rings is 1. The fourth-order valence-corrected chi connectivity index (χ4v) is 5.19. The zero-order chi connectivity index (χ0) is 20.5. The Hall–Kier alpha value is -2.58.